The molecule has 1 aromatic rings. The summed E-state index contributed by atoms with van der Waals surface area (Å²) in [5.74, 6) is 0.471. The molecule has 0 amide bonds. The number of nitrogens with zero attached hydrogens (tertiary/aromatic N) is 2. The van der Waals surface area contributed by atoms with Crippen LogP contribution in [-0.4, -0.2) is 16.1 Å². The quantitative estimate of drug-likeness (QED) is 0.829. The molecule has 1 N–H and O–H groups in total. The Bertz CT molecular complexity index is 540. The highest BCUT2D eigenvalue weighted by Crippen LogP contribution is 2.13. The van der Waals surface area contributed by atoms with Gasteiger partial charge in [0.15, 0.2) is 11.2 Å². The van der Waals surface area contributed by atoms with Gasteiger partial charge in [-0.3, -0.25) is 9.36 Å². The van der Waals surface area contributed by atoms with Gasteiger partial charge in [-0.05, 0) is 30.9 Å². The molecule has 19 heavy (non-hydrogen) atoms. The number of aryl methyl sites for hydroxylation is 1. The van der Waals surface area contributed by atoms with Crippen molar-refractivity contribution in [2.45, 2.75) is 40.5 Å². The van der Waals surface area contributed by atoms with E-state index < -0.39 is 0 Å². The zero-order chi connectivity index (χ0) is 14.4. The van der Waals surface area contributed by atoms with Crippen LogP contribution in [0.1, 0.15) is 39.7 Å². The van der Waals surface area contributed by atoms with Crippen LogP contribution in [-0.2, 0) is 11.2 Å². The summed E-state index contributed by atoms with van der Waals surface area (Å²) in [5, 5.41) is 10.2. The first-order valence-electron chi connectivity index (χ1n) is 6.60. The number of pyridine rings is 1. The summed E-state index contributed by atoms with van der Waals surface area (Å²) in [4.78, 5) is 15.3. The van der Waals surface area contributed by atoms with Crippen molar-refractivity contribution in [3.63, 3.8) is 0 Å². The van der Waals surface area contributed by atoms with E-state index in [1.54, 1.807) is 18.5 Å². The Labute approximate surface area is 114 Å². The Hall–Kier alpha value is -1.84. The highest BCUT2D eigenvalue weighted by molar-refractivity contribution is 5.53. The van der Waals surface area contributed by atoms with Gasteiger partial charge in [0.1, 0.15) is 0 Å². The number of allylic oxidation sites excluding steroid dienone is 1. The maximum absolute atomic E-state index is 11.0. The van der Waals surface area contributed by atoms with E-state index in [1.807, 2.05) is 13.8 Å². The second kappa shape index (κ2) is 6.92. The van der Waals surface area contributed by atoms with E-state index in [0.29, 0.717) is 17.8 Å². The van der Waals surface area contributed by atoms with Gasteiger partial charge < -0.3 is 5.11 Å². The highest BCUT2D eigenvalue weighted by atomic mass is 16.3. The van der Waals surface area contributed by atoms with E-state index >= 15 is 0 Å². The molecule has 104 valence electrons. The molecule has 0 atom stereocenters. The lowest BCUT2D eigenvalue weighted by atomic mass is 10.1. The third-order valence-corrected chi connectivity index (χ3v) is 3.13. The minimum absolute atomic E-state index is 0.0873. The molecule has 0 aliphatic carbocycles. The molecule has 0 saturated heterocycles. The standard InChI is InChI=1S/C15H22N2O2/c1-5-6-13-7-8-17(10-18)15(14(13)19)16-9-12(4)11(2)3/h7-11,19H,5-6H2,1-4H3/b12-9+,16-15?. The largest absolute Gasteiger partial charge is 0.504 e. The van der Waals surface area contributed by atoms with Gasteiger partial charge in [0.25, 0.3) is 0 Å². The third kappa shape index (κ3) is 3.81. The van der Waals surface area contributed by atoms with Crippen molar-refractivity contribution < 1.29 is 9.90 Å². The van der Waals surface area contributed by atoms with Crippen LogP contribution in [0.25, 0.3) is 0 Å². The lowest BCUT2D eigenvalue weighted by molar-refractivity contribution is 0.451. The molecule has 4 nitrogen and oxygen atoms in total. The van der Waals surface area contributed by atoms with Crippen LogP contribution in [0.5, 0.6) is 5.75 Å². The highest BCUT2D eigenvalue weighted by Gasteiger charge is 2.06. The van der Waals surface area contributed by atoms with Crippen LogP contribution in [0.15, 0.2) is 29.0 Å². The van der Waals surface area contributed by atoms with Crippen molar-refractivity contribution in [2.75, 3.05) is 0 Å². The fourth-order valence-electron chi connectivity index (χ4n) is 1.58. The van der Waals surface area contributed by atoms with E-state index in [4.69, 9.17) is 0 Å². The number of rotatable bonds is 5. The molecule has 0 aliphatic rings. The van der Waals surface area contributed by atoms with Gasteiger partial charge in [0.05, 0.1) is 0 Å². The molecule has 0 aliphatic heterocycles. The molecule has 1 aromatic heterocycles. The summed E-state index contributed by atoms with van der Waals surface area (Å²) >= 11 is 0. The number of carbonyl (C=O) groups is 1. The molecule has 0 saturated carbocycles. The molecule has 0 bridgehead atoms. The van der Waals surface area contributed by atoms with Gasteiger partial charge in [-0.2, -0.15) is 0 Å². The Kier molecular flexibility index (Phi) is 5.55. The Balaban J connectivity index is 3.38. The van der Waals surface area contributed by atoms with Gasteiger partial charge in [0.2, 0.25) is 6.41 Å². The van der Waals surface area contributed by atoms with E-state index in [9.17, 15) is 9.90 Å². The lowest BCUT2D eigenvalue weighted by Gasteiger charge is -2.07. The zero-order valence-electron chi connectivity index (χ0n) is 12.1. The third-order valence-electron chi connectivity index (χ3n) is 3.13. The first kappa shape index (κ1) is 15.2. The van der Waals surface area contributed by atoms with Crippen LogP contribution in [0.4, 0.5) is 0 Å². The summed E-state index contributed by atoms with van der Waals surface area (Å²) in [6, 6.07) is 1.76. The monoisotopic (exact) mass is 262 g/mol. The minimum atomic E-state index is 0.0873. The summed E-state index contributed by atoms with van der Waals surface area (Å²) in [5.41, 5.74) is 2.20. The average Bonchev–Trinajstić information content (AvgIpc) is 2.39. The van der Waals surface area contributed by atoms with Gasteiger partial charge in [-0.15, -0.1) is 0 Å². The molecule has 0 spiro atoms. The van der Waals surface area contributed by atoms with Gasteiger partial charge in [-0.1, -0.05) is 32.8 Å². The van der Waals surface area contributed by atoms with Crippen LogP contribution >= 0.6 is 0 Å². The molecular weight excluding hydrogens is 240 g/mol. The normalized spacial score (nSPS) is 13.1. The SMILES string of the molecule is CCCc1ccn(C=O)c(=N/C=C(\C)C(C)C)c1O. The molecule has 1 rings (SSSR count). The van der Waals surface area contributed by atoms with Crippen LogP contribution < -0.4 is 5.49 Å². The second-order valence-corrected chi connectivity index (χ2v) is 4.93. The number of hydrogen-bond acceptors (Lipinski definition) is 3. The maximum atomic E-state index is 11.0. The zero-order valence-corrected chi connectivity index (χ0v) is 12.1. The van der Waals surface area contributed by atoms with Crippen molar-refractivity contribution >= 4 is 6.41 Å². The Morgan fingerprint density at radius 1 is 1.53 bits per heavy atom. The van der Waals surface area contributed by atoms with Crippen molar-refractivity contribution in [1.82, 2.24) is 4.57 Å². The van der Waals surface area contributed by atoms with E-state index in [1.165, 1.54) is 4.57 Å². The first-order valence-corrected chi connectivity index (χ1v) is 6.60. The fraction of sp³-hybridized carbons (Fsp3) is 0.467. The smallest absolute Gasteiger partial charge is 0.219 e. The molecule has 0 unspecified atom stereocenters. The predicted molar refractivity (Wildman–Crippen MR) is 76.4 cm³/mol. The van der Waals surface area contributed by atoms with Crippen molar-refractivity contribution in [3.05, 3.63) is 35.1 Å². The molecule has 0 aromatic carbocycles. The Morgan fingerprint density at radius 3 is 2.74 bits per heavy atom. The summed E-state index contributed by atoms with van der Waals surface area (Å²) in [7, 11) is 0. The second-order valence-electron chi connectivity index (χ2n) is 4.93. The summed E-state index contributed by atoms with van der Waals surface area (Å²) in [6.07, 6.45) is 5.68. The lowest BCUT2D eigenvalue weighted by Crippen LogP contribution is -2.21. The van der Waals surface area contributed by atoms with Crippen LogP contribution in [0, 0.1) is 5.92 Å². The maximum Gasteiger partial charge on any atom is 0.219 e. The van der Waals surface area contributed by atoms with Crippen molar-refractivity contribution in [2.24, 2.45) is 10.9 Å². The summed E-state index contributed by atoms with van der Waals surface area (Å²) in [6.45, 7) is 8.16. The van der Waals surface area contributed by atoms with Crippen LogP contribution in [0.3, 0.4) is 0 Å². The molecule has 0 fully saturated rings. The molecule has 0 radical (unpaired) electrons. The number of aromatic hydroxyl groups is 1. The number of carbonyl (C=O) groups excluding carboxylic acids is 1. The summed E-state index contributed by atoms with van der Waals surface area (Å²) < 4.78 is 1.29. The van der Waals surface area contributed by atoms with Crippen LogP contribution in [0.2, 0.25) is 0 Å². The van der Waals surface area contributed by atoms with E-state index in [-0.39, 0.29) is 5.75 Å². The van der Waals surface area contributed by atoms with E-state index in [2.05, 4.69) is 18.8 Å². The topological polar surface area (TPSA) is 54.6 Å². The number of hydrogen-bond donors (Lipinski definition) is 1. The minimum Gasteiger partial charge on any atom is -0.504 e. The molecule has 1 heterocycles. The van der Waals surface area contributed by atoms with Gasteiger partial charge >= 0.3 is 0 Å². The number of aromatic nitrogens is 1. The first-order chi connectivity index (χ1) is 9.01. The predicted octanol–water partition coefficient (Wildman–Crippen LogP) is 2.65. The van der Waals surface area contributed by atoms with E-state index in [0.717, 1.165) is 24.0 Å². The average molecular weight is 262 g/mol. The van der Waals surface area contributed by atoms with Gasteiger partial charge in [-0.25, -0.2) is 4.99 Å². The van der Waals surface area contributed by atoms with Crippen molar-refractivity contribution in [3.8, 4) is 5.75 Å². The van der Waals surface area contributed by atoms with Gasteiger partial charge in [0, 0.05) is 12.4 Å². The molecular formula is C15H22N2O2. The molecule has 4 heteroatoms. The Morgan fingerprint density at radius 2 is 2.21 bits per heavy atom. The van der Waals surface area contributed by atoms with Crippen molar-refractivity contribution in [1.29, 1.82) is 0 Å². The fourth-order valence-corrected chi connectivity index (χ4v) is 1.58.